The molecule has 1 aromatic carbocycles. The monoisotopic (exact) mass is 296 g/mol. The number of amides is 1. The van der Waals surface area contributed by atoms with Crippen molar-refractivity contribution in [3.8, 4) is 0 Å². The standard InChI is InChI=1S/C16H25ClN2O/c1-6-19(11-12-8-7-9-13(17)10-12)14(20)15(2,3)16(4,5)18/h7-10H,6,11,18H2,1-5H3. The summed E-state index contributed by atoms with van der Waals surface area (Å²) in [6.07, 6.45) is 0. The first-order chi connectivity index (χ1) is 9.09. The van der Waals surface area contributed by atoms with Gasteiger partial charge in [-0.15, -0.1) is 0 Å². The summed E-state index contributed by atoms with van der Waals surface area (Å²) in [5.74, 6) is 0.0625. The first-order valence-corrected chi connectivity index (χ1v) is 7.30. The van der Waals surface area contributed by atoms with Crippen LogP contribution in [0.5, 0.6) is 0 Å². The summed E-state index contributed by atoms with van der Waals surface area (Å²) in [5.41, 5.74) is 5.98. The number of carbonyl (C=O) groups excluding carboxylic acids is 1. The highest BCUT2D eigenvalue weighted by molar-refractivity contribution is 6.30. The first-order valence-electron chi connectivity index (χ1n) is 6.92. The van der Waals surface area contributed by atoms with Gasteiger partial charge in [0.1, 0.15) is 0 Å². The second-order valence-corrected chi connectivity index (χ2v) is 6.73. The quantitative estimate of drug-likeness (QED) is 0.904. The Labute approximate surface area is 127 Å². The van der Waals surface area contributed by atoms with Gasteiger partial charge in [0.05, 0.1) is 5.41 Å². The molecule has 0 bridgehead atoms. The average molecular weight is 297 g/mol. The van der Waals surface area contributed by atoms with Crippen LogP contribution in [-0.4, -0.2) is 22.9 Å². The second-order valence-electron chi connectivity index (χ2n) is 6.30. The van der Waals surface area contributed by atoms with E-state index in [1.807, 2.05) is 63.8 Å². The fraction of sp³-hybridized carbons (Fsp3) is 0.562. The molecule has 0 unspecified atom stereocenters. The van der Waals surface area contributed by atoms with Crippen molar-refractivity contribution in [2.24, 2.45) is 11.1 Å². The molecular weight excluding hydrogens is 272 g/mol. The van der Waals surface area contributed by atoms with Gasteiger partial charge in [0.15, 0.2) is 0 Å². The lowest BCUT2D eigenvalue weighted by Gasteiger charge is -2.40. The van der Waals surface area contributed by atoms with E-state index in [0.29, 0.717) is 18.1 Å². The molecule has 4 heteroatoms. The van der Waals surface area contributed by atoms with Gasteiger partial charge in [-0.1, -0.05) is 23.7 Å². The molecular formula is C16H25ClN2O. The van der Waals surface area contributed by atoms with Crippen LogP contribution < -0.4 is 5.73 Å². The van der Waals surface area contributed by atoms with Crippen molar-refractivity contribution in [2.75, 3.05) is 6.54 Å². The summed E-state index contributed by atoms with van der Waals surface area (Å²) in [6, 6.07) is 7.59. The molecule has 0 atom stereocenters. The first kappa shape index (κ1) is 17.0. The average Bonchev–Trinajstić information content (AvgIpc) is 2.33. The molecule has 0 aromatic heterocycles. The normalized spacial score (nSPS) is 12.3. The van der Waals surface area contributed by atoms with Crippen molar-refractivity contribution in [1.82, 2.24) is 4.90 Å². The molecule has 0 radical (unpaired) electrons. The summed E-state index contributed by atoms with van der Waals surface area (Å²) in [4.78, 5) is 14.6. The Morgan fingerprint density at radius 2 is 1.90 bits per heavy atom. The highest BCUT2D eigenvalue weighted by Gasteiger charge is 2.42. The van der Waals surface area contributed by atoms with E-state index in [2.05, 4.69) is 0 Å². The van der Waals surface area contributed by atoms with Crippen LogP contribution in [0.3, 0.4) is 0 Å². The van der Waals surface area contributed by atoms with Gasteiger partial charge >= 0.3 is 0 Å². The summed E-state index contributed by atoms with van der Waals surface area (Å²) in [6.45, 7) is 10.7. The highest BCUT2D eigenvalue weighted by atomic mass is 35.5. The number of nitrogens with zero attached hydrogens (tertiary/aromatic N) is 1. The molecule has 112 valence electrons. The van der Waals surface area contributed by atoms with Crippen molar-refractivity contribution in [1.29, 1.82) is 0 Å². The number of hydrogen-bond acceptors (Lipinski definition) is 2. The summed E-state index contributed by atoms with van der Waals surface area (Å²) < 4.78 is 0. The van der Waals surface area contributed by atoms with Gasteiger partial charge in [-0.3, -0.25) is 4.79 Å². The third-order valence-corrected chi connectivity index (χ3v) is 4.31. The van der Waals surface area contributed by atoms with E-state index in [-0.39, 0.29) is 5.91 Å². The molecule has 1 aromatic rings. The van der Waals surface area contributed by atoms with Crippen molar-refractivity contribution >= 4 is 17.5 Å². The molecule has 0 saturated heterocycles. The third-order valence-electron chi connectivity index (χ3n) is 4.08. The fourth-order valence-electron chi connectivity index (χ4n) is 1.85. The van der Waals surface area contributed by atoms with Crippen LogP contribution in [0.4, 0.5) is 0 Å². The Kier molecular flexibility index (Phi) is 5.22. The molecule has 20 heavy (non-hydrogen) atoms. The lowest BCUT2D eigenvalue weighted by Crippen LogP contribution is -2.56. The van der Waals surface area contributed by atoms with Crippen LogP contribution in [-0.2, 0) is 11.3 Å². The smallest absolute Gasteiger partial charge is 0.230 e. The Bertz CT molecular complexity index is 478. The summed E-state index contributed by atoms with van der Waals surface area (Å²) in [7, 11) is 0. The van der Waals surface area contributed by atoms with Gasteiger partial charge in [0, 0.05) is 23.7 Å². The van der Waals surface area contributed by atoms with Crippen molar-refractivity contribution in [3.63, 3.8) is 0 Å². The van der Waals surface area contributed by atoms with Gasteiger partial charge in [0.25, 0.3) is 0 Å². The molecule has 0 heterocycles. The number of carbonyl (C=O) groups is 1. The second kappa shape index (κ2) is 6.15. The zero-order chi connectivity index (χ0) is 15.6. The van der Waals surface area contributed by atoms with Crippen molar-refractivity contribution in [3.05, 3.63) is 34.9 Å². The minimum absolute atomic E-state index is 0.0625. The van der Waals surface area contributed by atoms with Crippen LogP contribution in [0.25, 0.3) is 0 Å². The molecule has 0 aliphatic heterocycles. The minimum Gasteiger partial charge on any atom is -0.338 e. The van der Waals surface area contributed by atoms with E-state index in [4.69, 9.17) is 17.3 Å². The molecule has 2 N–H and O–H groups in total. The predicted octanol–water partition coefficient (Wildman–Crippen LogP) is 3.45. The third kappa shape index (κ3) is 3.74. The van der Waals surface area contributed by atoms with Gasteiger partial charge in [-0.05, 0) is 52.3 Å². The van der Waals surface area contributed by atoms with Crippen LogP contribution in [0, 0.1) is 5.41 Å². The molecule has 0 aliphatic rings. The maximum atomic E-state index is 12.7. The Balaban J connectivity index is 2.94. The lowest BCUT2D eigenvalue weighted by atomic mass is 9.74. The fourth-order valence-corrected chi connectivity index (χ4v) is 2.07. The predicted molar refractivity (Wildman–Crippen MR) is 84.6 cm³/mol. The SMILES string of the molecule is CCN(Cc1cccc(Cl)c1)C(=O)C(C)(C)C(C)(C)N. The van der Waals surface area contributed by atoms with Gasteiger partial charge < -0.3 is 10.6 Å². The molecule has 0 saturated carbocycles. The van der Waals surface area contributed by atoms with E-state index in [0.717, 1.165) is 5.56 Å². The summed E-state index contributed by atoms with van der Waals surface area (Å²) in [5, 5.41) is 0.685. The number of hydrogen-bond donors (Lipinski definition) is 1. The zero-order valence-electron chi connectivity index (χ0n) is 13.0. The lowest BCUT2D eigenvalue weighted by molar-refractivity contribution is -0.144. The summed E-state index contributed by atoms with van der Waals surface area (Å²) >= 11 is 5.99. The maximum Gasteiger partial charge on any atom is 0.230 e. The number of rotatable bonds is 5. The molecule has 1 rings (SSSR count). The van der Waals surface area contributed by atoms with E-state index in [1.54, 1.807) is 0 Å². The Morgan fingerprint density at radius 1 is 1.30 bits per heavy atom. The largest absolute Gasteiger partial charge is 0.338 e. The molecule has 0 spiro atoms. The number of halogens is 1. The maximum absolute atomic E-state index is 12.7. The molecule has 0 aliphatic carbocycles. The van der Waals surface area contributed by atoms with E-state index in [9.17, 15) is 4.79 Å². The van der Waals surface area contributed by atoms with E-state index in [1.165, 1.54) is 0 Å². The van der Waals surface area contributed by atoms with Crippen LogP contribution in [0.2, 0.25) is 5.02 Å². The van der Waals surface area contributed by atoms with Crippen LogP contribution in [0.15, 0.2) is 24.3 Å². The Morgan fingerprint density at radius 3 is 2.35 bits per heavy atom. The number of benzene rings is 1. The van der Waals surface area contributed by atoms with Gasteiger partial charge in [-0.25, -0.2) is 0 Å². The minimum atomic E-state index is -0.623. The van der Waals surface area contributed by atoms with Crippen LogP contribution >= 0.6 is 11.6 Å². The Hall–Kier alpha value is -1.06. The molecule has 1 amide bonds. The van der Waals surface area contributed by atoms with Gasteiger partial charge in [-0.2, -0.15) is 0 Å². The molecule has 0 fully saturated rings. The molecule has 3 nitrogen and oxygen atoms in total. The highest BCUT2D eigenvalue weighted by Crippen LogP contribution is 2.31. The van der Waals surface area contributed by atoms with Crippen molar-refractivity contribution in [2.45, 2.75) is 46.7 Å². The van der Waals surface area contributed by atoms with E-state index >= 15 is 0 Å². The van der Waals surface area contributed by atoms with Gasteiger partial charge in [0.2, 0.25) is 5.91 Å². The van der Waals surface area contributed by atoms with E-state index < -0.39 is 11.0 Å². The number of nitrogens with two attached hydrogens (primary N) is 1. The zero-order valence-corrected chi connectivity index (χ0v) is 13.8. The topological polar surface area (TPSA) is 46.3 Å². The van der Waals surface area contributed by atoms with Crippen LogP contribution in [0.1, 0.15) is 40.2 Å². The van der Waals surface area contributed by atoms with Crippen molar-refractivity contribution < 1.29 is 4.79 Å².